The molecule has 0 saturated carbocycles. The van der Waals surface area contributed by atoms with E-state index in [9.17, 15) is 19.2 Å². The van der Waals surface area contributed by atoms with Gasteiger partial charge in [0.2, 0.25) is 5.91 Å². The second kappa shape index (κ2) is 11.1. The number of nitrogens with zero attached hydrogens (tertiary/aromatic N) is 1. The van der Waals surface area contributed by atoms with E-state index in [1.807, 2.05) is 0 Å². The number of hydrogen-bond acceptors (Lipinski definition) is 6. The van der Waals surface area contributed by atoms with Crippen LogP contribution < -0.4 is 9.64 Å². The van der Waals surface area contributed by atoms with Crippen molar-refractivity contribution in [1.82, 2.24) is 0 Å². The van der Waals surface area contributed by atoms with Crippen LogP contribution in [0.15, 0.2) is 66.7 Å². The molecule has 36 heavy (non-hydrogen) atoms. The molecule has 7 nitrogen and oxygen atoms in total. The Labute approximate surface area is 221 Å². The molecule has 0 spiro atoms. The van der Waals surface area contributed by atoms with Crippen molar-refractivity contribution in [3.05, 3.63) is 92.9 Å². The van der Waals surface area contributed by atoms with Crippen molar-refractivity contribution in [2.24, 2.45) is 5.92 Å². The normalized spacial score (nSPS) is 15.0. The summed E-state index contributed by atoms with van der Waals surface area (Å²) in [4.78, 5) is 51.1. The standard InChI is InChI=1S/C26H18Cl3NO6/c27-17-7-10-19(21(29)12-17)26(34)36-18-8-5-15(6-9-18)23(31)14-35-25(33)16-11-24(32)30(13-16)22-4-2-1-3-20(22)28/h1-10,12,16H,11,13-14H2/t16-/m0/s1. The lowest BCUT2D eigenvalue weighted by atomic mass is 10.1. The number of ketones is 1. The SMILES string of the molecule is O=C(COC(=O)[C@H]1CC(=O)N(c2ccccc2Cl)C1)c1ccc(OC(=O)c2ccc(Cl)cc2Cl)cc1. The topological polar surface area (TPSA) is 90.0 Å². The van der Waals surface area contributed by atoms with E-state index in [0.717, 1.165) is 0 Å². The van der Waals surface area contributed by atoms with Gasteiger partial charge >= 0.3 is 11.9 Å². The molecule has 0 bridgehead atoms. The third-order valence-corrected chi connectivity index (χ3v) is 6.35. The summed E-state index contributed by atoms with van der Waals surface area (Å²) in [6, 6.07) is 17.0. The van der Waals surface area contributed by atoms with Crippen molar-refractivity contribution in [2.75, 3.05) is 18.1 Å². The fraction of sp³-hybridized carbons (Fsp3) is 0.154. The number of esters is 2. The van der Waals surface area contributed by atoms with Gasteiger partial charge in [-0.3, -0.25) is 14.4 Å². The molecule has 3 aromatic rings. The quantitative estimate of drug-likeness (QED) is 0.216. The minimum atomic E-state index is -0.706. The van der Waals surface area contributed by atoms with Crippen LogP contribution in [0, 0.1) is 5.92 Å². The number of anilines is 1. The Morgan fingerprint density at radius 2 is 1.64 bits per heavy atom. The van der Waals surface area contributed by atoms with E-state index < -0.39 is 30.2 Å². The van der Waals surface area contributed by atoms with Crippen LogP contribution in [0.4, 0.5) is 5.69 Å². The molecule has 1 saturated heterocycles. The van der Waals surface area contributed by atoms with Gasteiger partial charge < -0.3 is 14.4 Å². The van der Waals surface area contributed by atoms with Crippen molar-refractivity contribution in [3.8, 4) is 5.75 Å². The van der Waals surface area contributed by atoms with Gasteiger partial charge in [0, 0.05) is 23.6 Å². The van der Waals surface area contributed by atoms with Crippen LogP contribution in [0.1, 0.15) is 27.1 Å². The lowest BCUT2D eigenvalue weighted by Gasteiger charge is -2.17. The molecule has 1 heterocycles. The molecule has 4 rings (SSSR count). The summed E-state index contributed by atoms with van der Waals surface area (Å²) in [5, 5.41) is 0.943. The van der Waals surface area contributed by atoms with E-state index in [-0.39, 0.29) is 40.8 Å². The van der Waals surface area contributed by atoms with Crippen LogP contribution in [0.25, 0.3) is 0 Å². The van der Waals surface area contributed by atoms with Crippen molar-refractivity contribution in [1.29, 1.82) is 0 Å². The van der Waals surface area contributed by atoms with Crippen molar-refractivity contribution in [2.45, 2.75) is 6.42 Å². The third-order valence-electron chi connectivity index (χ3n) is 5.49. The van der Waals surface area contributed by atoms with Gasteiger partial charge in [0.25, 0.3) is 0 Å². The van der Waals surface area contributed by atoms with Crippen LogP contribution in [0.3, 0.4) is 0 Å². The van der Waals surface area contributed by atoms with Gasteiger partial charge in [-0.2, -0.15) is 0 Å². The lowest BCUT2D eigenvalue weighted by molar-refractivity contribution is -0.147. The van der Waals surface area contributed by atoms with Crippen molar-refractivity contribution >= 4 is 64.1 Å². The Hall–Kier alpha value is -3.39. The monoisotopic (exact) mass is 545 g/mol. The molecule has 3 aromatic carbocycles. The average Bonchev–Trinajstić information content (AvgIpc) is 3.24. The van der Waals surface area contributed by atoms with E-state index in [1.165, 1.54) is 47.4 Å². The highest BCUT2D eigenvalue weighted by atomic mass is 35.5. The molecule has 1 amide bonds. The van der Waals surface area contributed by atoms with Gasteiger partial charge in [0.15, 0.2) is 12.4 Å². The van der Waals surface area contributed by atoms with Crippen LogP contribution in [-0.2, 0) is 14.3 Å². The molecule has 1 atom stereocenters. The van der Waals surface area contributed by atoms with Crippen molar-refractivity contribution < 1.29 is 28.7 Å². The zero-order chi connectivity index (χ0) is 25.8. The maximum atomic E-state index is 12.5. The first kappa shape index (κ1) is 25.7. The number of Topliss-reactive ketones (excluding diaryl/α,β-unsaturated/α-hetero) is 1. The molecular weight excluding hydrogens is 529 g/mol. The Morgan fingerprint density at radius 3 is 2.33 bits per heavy atom. The molecule has 0 aliphatic carbocycles. The third kappa shape index (κ3) is 5.87. The number of benzene rings is 3. The zero-order valence-electron chi connectivity index (χ0n) is 18.6. The summed E-state index contributed by atoms with van der Waals surface area (Å²) in [5.41, 5.74) is 0.925. The average molecular weight is 547 g/mol. The van der Waals surface area contributed by atoms with E-state index in [2.05, 4.69) is 0 Å². The van der Waals surface area contributed by atoms with E-state index in [1.54, 1.807) is 24.3 Å². The number of hydrogen-bond donors (Lipinski definition) is 0. The summed E-state index contributed by atoms with van der Waals surface area (Å²) in [6.45, 7) is -0.373. The predicted molar refractivity (Wildman–Crippen MR) is 135 cm³/mol. The predicted octanol–water partition coefficient (Wildman–Crippen LogP) is 5.65. The van der Waals surface area contributed by atoms with Gasteiger partial charge in [-0.15, -0.1) is 0 Å². The molecule has 184 valence electrons. The molecule has 0 unspecified atom stereocenters. The number of para-hydroxylation sites is 1. The van der Waals surface area contributed by atoms with Crippen LogP contribution >= 0.6 is 34.8 Å². The Balaban J connectivity index is 1.30. The molecule has 1 aliphatic rings. The molecule has 0 aromatic heterocycles. The number of amides is 1. The Bertz CT molecular complexity index is 1340. The summed E-state index contributed by atoms with van der Waals surface area (Å²) in [6.07, 6.45) is -0.0318. The van der Waals surface area contributed by atoms with Crippen LogP contribution in [-0.4, -0.2) is 36.8 Å². The van der Waals surface area contributed by atoms with Gasteiger partial charge in [-0.05, 0) is 54.6 Å². The summed E-state index contributed by atoms with van der Waals surface area (Å²) in [7, 11) is 0. The van der Waals surface area contributed by atoms with Crippen molar-refractivity contribution in [3.63, 3.8) is 0 Å². The molecule has 1 aliphatic heterocycles. The second-order valence-electron chi connectivity index (χ2n) is 7.93. The van der Waals surface area contributed by atoms with E-state index in [0.29, 0.717) is 15.7 Å². The first-order valence-corrected chi connectivity index (χ1v) is 11.9. The van der Waals surface area contributed by atoms with Gasteiger partial charge in [-0.25, -0.2) is 4.79 Å². The fourth-order valence-electron chi connectivity index (χ4n) is 3.63. The maximum absolute atomic E-state index is 12.5. The first-order valence-electron chi connectivity index (χ1n) is 10.7. The maximum Gasteiger partial charge on any atom is 0.345 e. The Kier molecular flexibility index (Phi) is 7.94. The number of ether oxygens (including phenoxy) is 2. The lowest BCUT2D eigenvalue weighted by Crippen LogP contribution is -2.27. The largest absolute Gasteiger partial charge is 0.457 e. The number of carbonyl (C=O) groups excluding carboxylic acids is 4. The van der Waals surface area contributed by atoms with Crippen LogP contribution in [0.5, 0.6) is 5.75 Å². The van der Waals surface area contributed by atoms with E-state index in [4.69, 9.17) is 44.3 Å². The fourth-order valence-corrected chi connectivity index (χ4v) is 4.36. The highest BCUT2D eigenvalue weighted by molar-refractivity contribution is 6.36. The molecule has 0 radical (unpaired) electrons. The minimum absolute atomic E-state index is 0.0318. The Morgan fingerprint density at radius 1 is 0.917 bits per heavy atom. The number of rotatable bonds is 7. The van der Waals surface area contributed by atoms with E-state index >= 15 is 0 Å². The summed E-state index contributed by atoms with van der Waals surface area (Å²) >= 11 is 18.0. The van der Waals surface area contributed by atoms with Gasteiger partial charge in [-0.1, -0.05) is 46.9 Å². The van der Waals surface area contributed by atoms with Crippen LogP contribution in [0.2, 0.25) is 15.1 Å². The van der Waals surface area contributed by atoms with Gasteiger partial charge in [0.1, 0.15) is 5.75 Å². The molecule has 1 fully saturated rings. The number of halogens is 3. The molecular formula is C26H18Cl3NO6. The highest BCUT2D eigenvalue weighted by Gasteiger charge is 2.37. The first-order chi connectivity index (χ1) is 17.2. The van der Waals surface area contributed by atoms with Gasteiger partial charge in [0.05, 0.1) is 27.2 Å². The summed E-state index contributed by atoms with van der Waals surface area (Å²) in [5.74, 6) is -2.53. The summed E-state index contributed by atoms with van der Waals surface area (Å²) < 4.78 is 10.4. The molecule has 10 heteroatoms. The second-order valence-corrected chi connectivity index (χ2v) is 9.18. The smallest absolute Gasteiger partial charge is 0.345 e. The molecule has 0 N–H and O–H groups in total. The highest BCUT2D eigenvalue weighted by Crippen LogP contribution is 2.31. The minimum Gasteiger partial charge on any atom is -0.457 e. The number of carbonyl (C=O) groups is 4. The zero-order valence-corrected chi connectivity index (χ0v) is 20.8.